The maximum Gasteiger partial charge on any atom is 0.168 e. The largest absolute Gasteiger partial charge is 0.483 e. The Kier molecular flexibility index (Phi) is 4.28. The number of hydrazine groups is 1. The average molecular weight is 327 g/mol. The highest BCUT2D eigenvalue weighted by molar-refractivity contribution is 9.10. The first-order valence-corrected chi connectivity index (χ1v) is 6.27. The van der Waals surface area contributed by atoms with Gasteiger partial charge in [0.15, 0.2) is 17.4 Å². The second kappa shape index (κ2) is 5.94. The molecule has 0 bridgehead atoms. The average Bonchev–Trinajstić information content (AvgIpc) is 2.37. The molecule has 0 saturated carbocycles. The quantitative estimate of drug-likeness (QED) is 0.667. The molecule has 0 amide bonds. The minimum atomic E-state index is -0.445. The van der Waals surface area contributed by atoms with Gasteiger partial charge in [-0.1, -0.05) is 15.9 Å². The number of nitrogen functional groups attached to an aromatic ring is 1. The van der Waals surface area contributed by atoms with Crippen LogP contribution in [-0.2, 0) is 6.61 Å². The third-order valence-corrected chi connectivity index (χ3v) is 2.79. The number of benzene rings is 1. The first kappa shape index (κ1) is 13.7. The van der Waals surface area contributed by atoms with Crippen molar-refractivity contribution < 1.29 is 9.13 Å². The van der Waals surface area contributed by atoms with E-state index < -0.39 is 5.82 Å². The Balaban J connectivity index is 2.12. The van der Waals surface area contributed by atoms with Crippen LogP contribution in [0.25, 0.3) is 0 Å². The van der Waals surface area contributed by atoms with Gasteiger partial charge in [0.05, 0.1) is 0 Å². The number of nitrogens with one attached hydrogen (secondary N) is 1. The Morgan fingerprint density at radius 3 is 2.84 bits per heavy atom. The fraction of sp³-hybridized carbons (Fsp3) is 0.167. The summed E-state index contributed by atoms with van der Waals surface area (Å²) in [5.74, 6) is 5.91. The summed E-state index contributed by atoms with van der Waals surface area (Å²) in [7, 11) is 0. The van der Waals surface area contributed by atoms with Crippen molar-refractivity contribution in [1.29, 1.82) is 0 Å². The number of nitrogens with two attached hydrogens (primary N) is 1. The number of hydrogen-bond donors (Lipinski definition) is 2. The van der Waals surface area contributed by atoms with Gasteiger partial charge in [0.25, 0.3) is 0 Å². The summed E-state index contributed by atoms with van der Waals surface area (Å²) < 4.78 is 19.5. The van der Waals surface area contributed by atoms with Gasteiger partial charge in [0.1, 0.15) is 12.4 Å². The Labute approximate surface area is 118 Å². The number of aromatic nitrogens is 2. The second-order valence-electron chi connectivity index (χ2n) is 3.82. The summed E-state index contributed by atoms with van der Waals surface area (Å²) in [6.45, 7) is 1.88. The second-order valence-corrected chi connectivity index (χ2v) is 4.73. The predicted octanol–water partition coefficient (Wildman–Crippen LogP) is 2.55. The van der Waals surface area contributed by atoms with Crippen LogP contribution in [0, 0.1) is 12.7 Å². The number of nitrogens with zero attached hydrogens (tertiary/aromatic N) is 2. The van der Waals surface area contributed by atoms with Crippen LogP contribution in [0.2, 0.25) is 0 Å². The van der Waals surface area contributed by atoms with Gasteiger partial charge in [0, 0.05) is 16.2 Å². The summed E-state index contributed by atoms with van der Waals surface area (Å²) in [6.07, 6.45) is 0. The predicted molar refractivity (Wildman–Crippen MR) is 73.0 cm³/mol. The normalized spacial score (nSPS) is 10.3. The van der Waals surface area contributed by atoms with Crippen molar-refractivity contribution >= 4 is 21.7 Å². The van der Waals surface area contributed by atoms with Crippen molar-refractivity contribution in [1.82, 2.24) is 9.97 Å². The minimum absolute atomic E-state index is 0.0644. The van der Waals surface area contributed by atoms with E-state index in [2.05, 4.69) is 31.3 Å². The van der Waals surface area contributed by atoms with E-state index >= 15 is 0 Å². The number of ether oxygens (including phenoxy) is 1. The highest BCUT2D eigenvalue weighted by atomic mass is 79.9. The van der Waals surface area contributed by atoms with Crippen LogP contribution in [0.4, 0.5) is 10.2 Å². The van der Waals surface area contributed by atoms with Crippen molar-refractivity contribution in [2.75, 3.05) is 5.43 Å². The molecule has 2 rings (SSSR count). The Morgan fingerprint density at radius 2 is 2.16 bits per heavy atom. The Bertz CT molecular complexity index is 594. The van der Waals surface area contributed by atoms with Gasteiger partial charge in [-0.2, -0.15) is 0 Å². The Morgan fingerprint density at radius 1 is 1.37 bits per heavy atom. The maximum atomic E-state index is 13.5. The molecule has 1 aromatic carbocycles. The maximum absolute atomic E-state index is 13.5. The molecule has 1 heterocycles. The summed E-state index contributed by atoms with van der Waals surface area (Å²) >= 11 is 3.18. The van der Waals surface area contributed by atoms with E-state index in [9.17, 15) is 4.39 Å². The molecule has 1 aromatic heterocycles. The van der Waals surface area contributed by atoms with E-state index in [4.69, 9.17) is 10.6 Å². The fourth-order valence-electron chi connectivity index (χ4n) is 1.50. The number of aryl methyl sites for hydroxylation is 1. The molecule has 0 spiro atoms. The van der Waals surface area contributed by atoms with E-state index in [0.29, 0.717) is 16.1 Å². The van der Waals surface area contributed by atoms with E-state index in [1.807, 2.05) is 6.92 Å². The van der Waals surface area contributed by atoms with Gasteiger partial charge < -0.3 is 10.2 Å². The van der Waals surface area contributed by atoms with Crippen LogP contribution in [0.5, 0.6) is 5.75 Å². The number of hydrogen-bond acceptors (Lipinski definition) is 5. The molecule has 2 aromatic rings. The van der Waals surface area contributed by atoms with Crippen molar-refractivity contribution in [3.05, 3.63) is 46.1 Å². The summed E-state index contributed by atoms with van der Waals surface area (Å²) in [5, 5.41) is 0. The van der Waals surface area contributed by atoms with E-state index in [1.165, 1.54) is 12.1 Å². The molecular weight excluding hydrogens is 315 g/mol. The monoisotopic (exact) mass is 326 g/mol. The van der Waals surface area contributed by atoms with Crippen LogP contribution in [0.15, 0.2) is 28.7 Å². The zero-order valence-electron chi connectivity index (χ0n) is 10.2. The number of anilines is 1. The molecule has 0 saturated heterocycles. The Hall–Kier alpha value is -1.73. The molecule has 0 atom stereocenters. The van der Waals surface area contributed by atoms with Crippen LogP contribution in [-0.4, -0.2) is 9.97 Å². The molecule has 5 nitrogen and oxygen atoms in total. The van der Waals surface area contributed by atoms with E-state index in [0.717, 1.165) is 5.69 Å². The van der Waals surface area contributed by atoms with E-state index in [1.54, 1.807) is 12.1 Å². The van der Waals surface area contributed by atoms with E-state index in [-0.39, 0.29) is 12.4 Å². The molecule has 19 heavy (non-hydrogen) atoms. The highest BCUT2D eigenvalue weighted by Gasteiger charge is 2.06. The van der Waals surface area contributed by atoms with Crippen molar-refractivity contribution in [2.45, 2.75) is 13.5 Å². The smallest absolute Gasteiger partial charge is 0.168 e. The van der Waals surface area contributed by atoms with Gasteiger partial charge in [0.2, 0.25) is 0 Å². The lowest BCUT2D eigenvalue weighted by Gasteiger charge is -2.08. The zero-order valence-corrected chi connectivity index (χ0v) is 11.7. The molecule has 0 radical (unpaired) electrons. The zero-order chi connectivity index (χ0) is 13.8. The molecule has 100 valence electrons. The van der Waals surface area contributed by atoms with Crippen molar-refractivity contribution in [2.24, 2.45) is 5.84 Å². The molecule has 3 N–H and O–H groups in total. The van der Waals surface area contributed by atoms with Gasteiger partial charge in [-0.05, 0) is 25.1 Å². The molecule has 0 aliphatic carbocycles. The fourth-order valence-corrected chi connectivity index (χ4v) is 1.84. The lowest BCUT2D eigenvalue weighted by molar-refractivity contribution is 0.281. The third kappa shape index (κ3) is 3.62. The van der Waals surface area contributed by atoms with Gasteiger partial charge in [-0.25, -0.2) is 20.2 Å². The molecule has 0 fully saturated rings. The standard InChI is InChI=1S/C12H12BrFN4O/c1-7-4-11(18-15)17-12(16-7)6-19-10-3-2-8(13)5-9(10)14/h2-5H,6,15H2,1H3,(H,16,17,18). The van der Waals surface area contributed by atoms with Gasteiger partial charge >= 0.3 is 0 Å². The third-order valence-electron chi connectivity index (χ3n) is 2.30. The van der Waals surface area contributed by atoms with Gasteiger partial charge in [-0.3, -0.25) is 0 Å². The van der Waals surface area contributed by atoms with Crippen LogP contribution >= 0.6 is 15.9 Å². The molecule has 7 heteroatoms. The number of rotatable bonds is 4. The highest BCUT2D eigenvalue weighted by Crippen LogP contribution is 2.22. The number of halogens is 2. The summed E-state index contributed by atoms with van der Waals surface area (Å²) in [6, 6.07) is 6.27. The lowest BCUT2D eigenvalue weighted by Crippen LogP contribution is -2.12. The minimum Gasteiger partial charge on any atom is -0.483 e. The van der Waals surface area contributed by atoms with Crippen molar-refractivity contribution in [3.8, 4) is 5.75 Å². The first-order chi connectivity index (χ1) is 9.08. The molecule has 0 aliphatic heterocycles. The van der Waals surface area contributed by atoms with Crippen LogP contribution in [0.1, 0.15) is 11.5 Å². The topological polar surface area (TPSA) is 73.1 Å². The summed E-state index contributed by atoms with van der Waals surface area (Å²) in [4.78, 5) is 8.29. The van der Waals surface area contributed by atoms with Crippen molar-refractivity contribution in [3.63, 3.8) is 0 Å². The van der Waals surface area contributed by atoms with Gasteiger partial charge in [-0.15, -0.1) is 0 Å². The first-order valence-electron chi connectivity index (χ1n) is 5.47. The summed E-state index contributed by atoms with van der Waals surface area (Å²) in [5.41, 5.74) is 3.19. The molecular formula is C12H12BrFN4O. The lowest BCUT2D eigenvalue weighted by atomic mass is 10.3. The van der Waals surface area contributed by atoms with Crippen LogP contribution < -0.4 is 16.0 Å². The molecule has 0 unspecified atom stereocenters. The van der Waals surface area contributed by atoms with Crippen LogP contribution in [0.3, 0.4) is 0 Å². The SMILES string of the molecule is Cc1cc(NN)nc(COc2ccc(Br)cc2F)n1. The molecule has 0 aliphatic rings.